The number of halogens is 1. The van der Waals surface area contributed by atoms with E-state index in [1.165, 1.54) is 6.42 Å². The van der Waals surface area contributed by atoms with E-state index in [9.17, 15) is 0 Å². The number of nitrogens with one attached hydrogen (secondary N) is 1. The first-order chi connectivity index (χ1) is 7.78. The van der Waals surface area contributed by atoms with Crippen molar-refractivity contribution in [2.24, 2.45) is 5.92 Å². The second kappa shape index (κ2) is 5.55. The molecule has 0 aliphatic heterocycles. The van der Waals surface area contributed by atoms with E-state index in [0.29, 0.717) is 6.10 Å². The summed E-state index contributed by atoms with van der Waals surface area (Å²) in [6.07, 6.45) is 3.96. The second-order valence-corrected chi connectivity index (χ2v) is 4.87. The first-order valence-electron chi connectivity index (χ1n) is 5.84. The molecule has 2 atom stereocenters. The molecule has 0 heterocycles. The SMILES string of the molecule is CNCC1CCC(Oc2ccc(Cl)cc2)C1. The molecular weight excluding hydrogens is 222 g/mol. The van der Waals surface area contributed by atoms with Crippen molar-refractivity contribution in [3.63, 3.8) is 0 Å². The summed E-state index contributed by atoms with van der Waals surface area (Å²) >= 11 is 5.83. The zero-order chi connectivity index (χ0) is 11.4. The fraction of sp³-hybridized carbons (Fsp3) is 0.538. The summed E-state index contributed by atoms with van der Waals surface area (Å²) in [6, 6.07) is 7.62. The number of hydrogen-bond donors (Lipinski definition) is 1. The molecule has 2 rings (SSSR count). The van der Waals surface area contributed by atoms with Crippen molar-refractivity contribution in [2.75, 3.05) is 13.6 Å². The highest BCUT2D eigenvalue weighted by molar-refractivity contribution is 6.30. The van der Waals surface area contributed by atoms with Gasteiger partial charge in [-0.2, -0.15) is 0 Å². The van der Waals surface area contributed by atoms with Crippen LogP contribution in [0.25, 0.3) is 0 Å². The molecule has 0 radical (unpaired) electrons. The van der Waals surface area contributed by atoms with Gasteiger partial charge in [0.2, 0.25) is 0 Å². The molecule has 2 nitrogen and oxygen atoms in total. The third kappa shape index (κ3) is 3.13. The smallest absolute Gasteiger partial charge is 0.119 e. The molecular formula is C13H18ClNO. The lowest BCUT2D eigenvalue weighted by Gasteiger charge is -2.14. The molecule has 1 saturated carbocycles. The Morgan fingerprint density at radius 1 is 1.31 bits per heavy atom. The van der Waals surface area contributed by atoms with Crippen LogP contribution in [0.1, 0.15) is 19.3 Å². The molecule has 1 aliphatic rings. The van der Waals surface area contributed by atoms with Crippen LogP contribution < -0.4 is 10.1 Å². The molecule has 0 bridgehead atoms. The van der Waals surface area contributed by atoms with Crippen LogP contribution in [0.3, 0.4) is 0 Å². The van der Waals surface area contributed by atoms with E-state index < -0.39 is 0 Å². The highest BCUT2D eigenvalue weighted by atomic mass is 35.5. The van der Waals surface area contributed by atoms with Crippen LogP contribution in [0, 0.1) is 5.92 Å². The van der Waals surface area contributed by atoms with E-state index >= 15 is 0 Å². The van der Waals surface area contributed by atoms with Crippen LogP contribution in [-0.4, -0.2) is 19.7 Å². The minimum atomic E-state index is 0.375. The van der Waals surface area contributed by atoms with Crippen LogP contribution in [0.15, 0.2) is 24.3 Å². The van der Waals surface area contributed by atoms with Gasteiger partial charge in [-0.25, -0.2) is 0 Å². The van der Waals surface area contributed by atoms with Gasteiger partial charge in [-0.3, -0.25) is 0 Å². The predicted molar refractivity (Wildman–Crippen MR) is 67.1 cm³/mol. The van der Waals surface area contributed by atoms with E-state index in [1.54, 1.807) is 0 Å². The third-order valence-electron chi connectivity index (χ3n) is 3.10. The van der Waals surface area contributed by atoms with Gasteiger partial charge >= 0.3 is 0 Å². The van der Waals surface area contributed by atoms with Crippen molar-refractivity contribution in [3.8, 4) is 5.75 Å². The Bertz CT molecular complexity index is 325. The lowest BCUT2D eigenvalue weighted by atomic mass is 10.1. The normalized spacial score (nSPS) is 24.6. The van der Waals surface area contributed by atoms with Crippen molar-refractivity contribution in [2.45, 2.75) is 25.4 Å². The van der Waals surface area contributed by atoms with Crippen molar-refractivity contribution in [1.82, 2.24) is 5.32 Å². The molecule has 88 valence electrons. The van der Waals surface area contributed by atoms with Crippen LogP contribution in [0.2, 0.25) is 5.02 Å². The maximum absolute atomic E-state index is 5.92. The standard InChI is InChI=1S/C13H18ClNO/c1-15-9-10-2-5-13(8-10)16-12-6-3-11(14)4-7-12/h3-4,6-7,10,13,15H,2,5,8-9H2,1H3. The van der Waals surface area contributed by atoms with Gasteiger partial charge in [0.25, 0.3) is 0 Å². The second-order valence-electron chi connectivity index (χ2n) is 4.43. The minimum Gasteiger partial charge on any atom is -0.490 e. The molecule has 2 unspecified atom stereocenters. The van der Waals surface area contributed by atoms with Crippen LogP contribution in [0.4, 0.5) is 0 Å². The average Bonchev–Trinajstić information content (AvgIpc) is 2.70. The number of ether oxygens (including phenoxy) is 1. The fourth-order valence-corrected chi connectivity index (χ4v) is 2.44. The zero-order valence-corrected chi connectivity index (χ0v) is 10.3. The van der Waals surface area contributed by atoms with Crippen molar-refractivity contribution in [1.29, 1.82) is 0 Å². The van der Waals surface area contributed by atoms with Crippen LogP contribution >= 0.6 is 11.6 Å². The molecule has 0 amide bonds. The Morgan fingerprint density at radius 3 is 2.75 bits per heavy atom. The molecule has 1 aromatic rings. The van der Waals surface area contributed by atoms with Gasteiger partial charge in [-0.1, -0.05) is 11.6 Å². The van der Waals surface area contributed by atoms with Crippen molar-refractivity contribution < 1.29 is 4.74 Å². The largest absolute Gasteiger partial charge is 0.490 e. The molecule has 0 saturated heterocycles. The van der Waals surface area contributed by atoms with Crippen molar-refractivity contribution >= 4 is 11.6 Å². The Labute approximate surface area is 102 Å². The molecule has 1 aliphatic carbocycles. The molecule has 1 N–H and O–H groups in total. The Morgan fingerprint density at radius 2 is 2.06 bits per heavy atom. The summed E-state index contributed by atoms with van der Waals surface area (Å²) in [6.45, 7) is 1.10. The Kier molecular flexibility index (Phi) is 4.08. The lowest BCUT2D eigenvalue weighted by Crippen LogP contribution is -2.18. The highest BCUT2D eigenvalue weighted by Crippen LogP contribution is 2.29. The van der Waals surface area contributed by atoms with Gasteiger partial charge < -0.3 is 10.1 Å². The van der Waals surface area contributed by atoms with Gasteiger partial charge in [0.1, 0.15) is 5.75 Å². The summed E-state index contributed by atoms with van der Waals surface area (Å²) in [5.41, 5.74) is 0. The fourth-order valence-electron chi connectivity index (χ4n) is 2.32. The van der Waals surface area contributed by atoms with Crippen molar-refractivity contribution in [3.05, 3.63) is 29.3 Å². The van der Waals surface area contributed by atoms with Gasteiger partial charge in [0.15, 0.2) is 0 Å². The Hall–Kier alpha value is -0.730. The first-order valence-corrected chi connectivity index (χ1v) is 6.22. The predicted octanol–water partition coefficient (Wildman–Crippen LogP) is 3.11. The highest BCUT2D eigenvalue weighted by Gasteiger charge is 2.25. The summed E-state index contributed by atoms with van der Waals surface area (Å²) < 4.78 is 5.92. The number of hydrogen-bond acceptors (Lipinski definition) is 2. The first kappa shape index (κ1) is 11.7. The van der Waals surface area contributed by atoms with E-state index in [1.807, 2.05) is 31.3 Å². The Balaban J connectivity index is 1.84. The lowest BCUT2D eigenvalue weighted by molar-refractivity contribution is 0.204. The van der Waals surface area contributed by atoms with Gasteiger partial charge in [-0.05, 0) is 63.0 Å². The van der Waals surface area contributed by atoms with Crippen LogP contribution in [-0.2, 0) is 0 Å². The summed E-state index contributed by atoms with van der Waals surface area (Å²) in [5, 5.41) is 3.98. The topological polar surface area (TPSA) is 21.3 Å². The average molecular weight is 240 g/mol. The maximum atomic E-state index is 5.92. The molecule has 0 aromatic heterocycles. The molecule has 1 fully saturated rings. The minimum absolute atomic E-state index is 0.375. The van der Waals surface area contributed by atoms with E-state index in [2.05, 4.69) is 5.32 Å². The number of rotatable bonds is 4. The summed E-state index contributed by atoms with van der Waals surface area (Å²) in [4.78, 5) is 0. The molecule has 1 aromatic carbocycles. The number of benzene rings is 1. The van der Waals surface area contributed by atoms with Gasteiger partial charge in [0, 0.05) is 5.02 Å². The molecule has 3 heteroatoms. The van der Waals surface area contributed by atoms with E-state index in [4.69, 9.17) is 16.3 Å². The summed E-state index contributed by atoms with van der Waals surface area (Å²) in [5.74, 6) is 1.70. The quantitative estimate of drug-likeness (QED) is 0.872. The summed E-state index contributed by atoms with van der Waals surface area (Å²) in [7, 11) is 2.01. The molecule has 0 spiro atoms. The van der Waals surface area contributed by atoms with Crippen LogP contribution in [0.5, 0.6) is 5.75 Å². The zero-order valence-electron chi connectivity index (χ0n) is 9.58. The maximum Gasteiger partial charge on any atom is 0.119 e. The van der Waals surface area contributed by atoms with E-state index in [0.717, 1.165) is 36.1 Å². The van der Waals surface area contributed by atoms with E-state index in [-0.39, 0.29) is 0 Å². The third-order valence-corrected chi connectivity index (χ3v) is 3.35. The van der Waals surface area contributed by atoms with Gasteiger partial charge in [-0.15, -0.1) is 0 Å². The van der Waals surface area contributed by atoms with Gasteiger partial charge in [0.05, 0.1) is 6.10 Å². The molecule has 16 heavy (non-hydrogen) atoms. The monoisotopic (exact) mass is 239 g/mol.